The molecule has 3 heterocycles. The number of hydrogen-bond acceptors (Lipinski definition) is 7. The Morgan fingerprint density at radius 3 is 2.44 bits per heavy atom. The summed E-state index contributed by atoms with van der Waals surface area (Å²) in [6, 6.07) is 24.8. The Bertz CT molecular complexity index is 1870. The molecule has 0 saturated carbocycles. The van der Waals surface area contributed by atoms with Gasteiger partial charge in [0.2, 0.25) is 0 Å². The van der Waals surface area contributed by atoms with Crippen molar-refractivity contribution in [2.75, 3.05) is 31.2 Å². The van der Waals surface area contributed by atoms with E-state index in [9.17, 15) is 9.59 Å². The SMILES string of the molecule is COC1CCN(Cc2cccc(-c3cnc(N)c(-c4ccc(NC(=O)c5c(C)n(C)n(-c6ccccc6)c5=O)cc4)n3)c2)CC1. The van der Waals surface area contributed by atoms with E-state index in [1.54, 1.807) is 44.1 Å². The quantitative estimate of drug-likeness (QED) is 0.255. The van der Waals surface area contributed by atoms with Gasteiger partial charge in [-0.3, -0.25) is 19.2 Å². The van der Waals surface area contributed by atoms with E-state index in [1.165, 1.54) is 10.2 Å². The van der Waals surface area contributed by atoms with Gasteiger partial charge >= 0.3 is 0 Å². The topological polar surface area (TPSA) is 120 Å². The zero-order chi connectivity index (χ0) is 31.5. The van der Waals surface area contributed by atoms with Crippen LogP contribution in [0.5, 0.6) is 0 Å². The number of nitrogens with one attached hydrogen (secondary N) is 1. The lowest BCUT2D eigenvalue weighted by atomic mass is 10.0. The van der Waals surface area contributed by atoms with Crippen molar-refractivity contribution in [1.29, 1.82) is 0 Å². The van der Waals surface area contributed by atoms with E-state index < -0.39 is 5.91 Å². The van der Waals surface area contributed by atoms with Crippen LogP contribution in [-0.4, -0.2) is 56.4 Å². The third-order valence-corrected chi connectivity index (χ3v) is 8.50. The predicted molar refractivity (Wildman–Crippen MR) is 176 cm³/mol. The molecule has 0 spiro atoms. The molecule has 1 aliphatic rings. The summed E-state index contributed by atoms with van der Waals surface area (Å²) in [6.07, 6.45) is 4.14. The maximum Gasteiger partial charge on any atom is 0.284 e. The number of methoxy groups -OCH3 is 1. The second kappa shape index (κ2) is 12.9. The first kappa shape index (κ1) is 30.0. The molecule has 3 aromatic carbocycles. The molecular formula is C35H37N7O3. The summed E-state index contributed by atoms with van der Waals surface area (Å²) in [5.74, 6) is -0.158. The first-order chi connectivity index (χ1) is 21.8. The normalized spacial score (nSPS) is 14.0. The van der Waals surface area contributed by atoms with Crippen LogP contribution in [0.3, 0.4) is 0 Å². The van der Waals surface area contributed by atoms with Crippen molar-refractivity contribution in [1.82, 2.24) is 24.2 Å². The molecular weight excluding hydrogens is 566 g/mol. The number of para-hydroxylation sites is 1. The molecule has 0 unspecified atom stereocenters. The minimum absolute atomic E-state index is 0.0925. The Morgan fingerprint density at radius 2 is 1.73 bits per heavy atom. The van der Waals surface area contributed by atoms with E-state index in [4.69, 9.17) is 15.5 Å². The number of ether oxygens (including phenoxy) is 1. The number of aromatic nitrogens is 4. The van der Waals surface area contributed by atoms with Gasteiger partial charge in [-0.15, -0.1) is 0 Å². The van der Waals surface area contributed by atoms with Crippen LogP contribution in [0.4, 0.5) is 11.5 Å². The molecule has 0 bridgehead atoms. The molecule has 3 N–H and O–H groups in total. The lowest BCUT2D eigenvalue weighted by Crippen LogP contribution is -2.36. The number of nitrogens with zero attached hydrogens (tertiary/aromatic N) is 5. The van der Waals surface area contributed by atoms with E-state index in [-0.39, 0.29) is 11.1 Å². The van der Waals surface area contributed by atoms with Gasteiger partial charge in [-0.25, -0.2) is 14.6 Å². The van der Waals surface area contributed by atoms with Crippen molar-refractivity contribution in [3.8, 4) is 28.2 Å². The van der Waals surface area contributed by atoms with Crippen molar-refractivity contribution < 1.29 is 9.53 Å². The Kier molecular flexibility index (Phi) is 8.59. The van der Waals surface area contributed by atoms with Crippen LogP contribution < -0.4 is 16.6 Å². The monoisotopic (exact) mass is 603 g/mol. The van der Waals surface area contributed by atoms with Gasteiger partial charge in [0.15, 0.2) is 0 Å². The highest BCUT2D eigenvalue weighted by atomic mass is 16.5. The molecule has 0 atom stereocenters. The molecule has 1 fully saturated rings. The van der Waals surface area contributed by atoms with Gasteiger partial charge in [-0.05, 0) is 55.7 Å². The molecule has 0 radical (unpaired) electrons. The minimum atomic E-state index is -0.472. The number of hydrogen-bond donors (Lipinski definition) is 2. The summed E-state index contributed by atoms with van der Waals surface area (Å²) in [7, 11) is 3.55. The molecule has 1 aliphatic heterocycles. The fraction of sp³-hybridized carbons (Fsp3) is 0.257. The molecule has 2 aromatic heterocycles. The second-order valence-electron chi connectivity index (χ2n) is 11.4. The maximum absolute atomic E-state index is 13.3. The van der Waals surface area contributed by atoms with Crippen molar-refractivity contribution in [2.24, 2.45) is 7.05 Å². The minimum Gasteiger partial charge on any atom is -0.382 e. The van der Waals surface area contributed by atoms with Crippen LogP contribution >= 0.6 is 0 Å². The molecule has 0 aliphatic carbocycles. The number of piperidine rings is 1. The van der Waals surface area contributed by atoms with Gasteiger partial charge < -0.3 is 15.8 Å². The molecule has 6 rings (SSSR count). The van der Waals surface area contributed by atoms with Crippen molar-refractivity contribution in [2.45, 2.75) is 32.4 Å². The molecule has 1 saturated heterocycles. The first-order valence-corrected chi connectivity index (χ1v) is 15.0. The lowest BCUT2D eigenvalue weighted by Gasteiger charge is -2.31. The van der Waals surface area contributed by atoms with E-state index in [2.05, 4.69) is 27.3 Å². The summed E-state index contributed by atoms with van der Waals surface area (Å²) in [5.41, 5.74) is 12.0. The molecule has 1 amide bonds. The van der Waals surface area contributed by atoms with Gasteiger partial charge in [0.25, 0.3) is 11.5 Å². The van der Waals surface area contributed by atoms with Crippen molar-refractivity contribution in [3.63, 3.8) is 0 Å². The van der Waals surface area contributed by atoms with E-state index in [1.807, 2.05) is 54.6 Å². The number of likely N-dealkylation sites (tertiary alicyclic amines) is 1. The standard InChI is InChI=1S/C35H37N7O3/c1-23-31(35(44)42(40(23)2)28-10-5-4-6-11-28)34(43)38-27-14-12-25(13-15-27)32-33(36)37-21-30(39-32)26-9-7-8-24(20-26)22-41-18-16-29(45-3)17-19-41/h4-15,20-21,29H,16-19,22H2,1-3H3,(H2,36,37)(H,38,43). The Hall–Kier alpha value is -5.06. The van der Waals surface area contributed by atoms with Gasteiger partial charge in [-0.2, -0.15) is 0 Å². The van der Waals surface area contributed by atoms with Crippen molar-refractivity contribution in [3.05, 3.63) is 112 Å². The zero-order valence-electron chi connectivity index (χ0n) is 25.7. The van der Waals surface area contributed by atoms with E-state index in [0.29, 0.717) is 34.7 Å². The van der Waals surface area contributed by atoms with E-state index in [0.717, 1.165) is 49.3 Å². The van der Waals surface area contributed by atoms with Crippen molar-refractivity contribution >= 4 is 17.4 Å². The number of nitrogen functional groups attached to an aromatic ring is 1. The zero-order valence-corrected chi connectivity index (χ0v) is 25.7. The molecule has 230 valence electrons. The Balaban J connectivity index is 1.18. The molecule has 5 aromatic rings. The maximum atomic E-state index is 13.3. The summed E-state index contributed by atoms with van der Waals surface area (Å²) in [5, 5.41) is 2.86. The number of nitrogens with two attached hydrogens (primary N) is 1. The van der Waals surface area contributed by atoms with Gasteiger partial charge in [0, 0.05) is 50.6 Å². The predicted octanol–water partition coefficient (Wildman–Crippen LogP) is 5.05. The van der Waals surface area contributed by atoms with Gasteiger partial charge in [0.1, 0.15) is 17.1 Å². The van der Waals surface area contributed by atoms with Gasteiger partial charge in [-0.1, -0.05) is 48.5 Å². The first-order valence-electron chi connectivity index (χ1n) is 15.0. The number of anilines is 2. The number of rotatable bonds is 8. The Labute approximate surface area is 262 Å². The largest absolute Gasteiger partial charge is 0.382 e. The highest BCUT2D eigenvalue weighted by Crippen LogP contribution is 2.28. The summed E-state index contributed by atoms with van der Waals surface area (Å²) >= 11 is 0. The van der Waals surface area contributed by atoms with Crippen LogP contribution in [0.2, 0.25) is 0 Å². The van der Waals surface area contributed by atoms with E-state index >= 15 is 0 Å². The molecule has 45 heavy (non-hydrogen) atoms. The summed E-state index contributed by atoms with van der Waals surface area (Å²) in [6.45, 7) is 4.66. The summed E-state index contributed by atoms with van der Waals surface area (Å²) in [4.78, 5) is 38.3. The van der Waals surface area contributed by atoms with Crippen LogP contribution in [0.1, 0.15) is 34.5 Å². The average Bonchev–Trinajstić information content (AvgIpc) is 3.29. The number of carbonyl (C=O) groups excluding carboxylic acids is 1. The summed E-state index contributed by atoms with van der Waals surface area (Å²) < 4.78 is 8.68. The average molecular weight is 604 g/mol. The number of benzene rings is 3. The molecule has 10 heteroatoms. The fourth-order valence-corrected chi connectivity index (χ4v) is 5.88. The molecule has 10 nitrogen and oxygen atoms in total. The smallest absolute Gasteiger partial charge is 0.284 e. The Morgan fingerprint density at radius 1 is 1.00 bits per heavy atom. The number of amides is 1. The highest BCUT2D eigenvalue weighted by Gasteiger charge is 2.23. The van der Waals surface area contributed by atoms with Crippen LogP contribution in [-0.2, 0) is 18.3 Å². The van der Waals surface area contributed by atoms with Crippen LogP contribution in [0.15, 0.2) is 89.9 Å². The second-order valence-corrected chi connectivity index (χ2v) is 11.4. The third kappa shape index (κ3) is 6.29. The van der Waals surface area contributed by atoms with Gasteiger partial charge in [0.05, 0.1) is 29.4 Å². The number of carbonyl (C=O) groups is 1. The third-order valence-electron chi connectivity index (χ3n) is 8.50. The fourth-order valence-electron chi connectivity index (χ4n) is 5.88. The lowest BCUT2D eigenvalue weighted by molar-refractivity contribution is 0.0389. The van der Waals surface area contributed by atoms with Crippen LogP contribution in [0, 0.1) is 6.92 Å². The van der Waals surface area contributed by atoms with Crippen LogP contribution in [0.25, 0.3) is 28.2 Å². The highest BCUT2D eigenvalue weighted by molar-refractivity contribution is 6.05.